The van der Waals surface area contributed by atoms with Crippen molar-refractivity contribution >= 4 is 0 Å². The van der Waals surface area contributed by atoms with Crippen molar-refractivity contribution in [2.45, 2.75) is 156 Å². The molecule has 0 atom stereocenters. The molecule has 30 heavy (non-hydrogen) atoms. The fourth-order valence-electron chi connectivity index (χ4n) is 4.47. The van der Waals surface area contributed by atoms with E-state index in [1.165, 1.54) is 135 Å². The Kier molecular flexibility index (Phi) is 18.2. The van der Waals surface area contributed by atoms with Gasteiger partial charge in [0.05, 0.1) is 0 Å². The number of hydrogen-bond donors (Lipinski definition) is 0. The zero-order valence-electron chi connectivity index (χ0n) is 21.0. The summed E-state index contributed by atoms with van der Waals surface area (Å²) in [4.78, 5) is 0. The molecule has 0 fully saturated rings. The highest BCUT2D eigenvalue weighted by Crippen LogP contribution is 2.17. The Labute approximate surface area is 190 Å². The molecule has 1 heteroatoms. The highest BCUT2D eigenvalue weighted by molar-refractivity contribution is 5.21. The van der Waals surface area contributed by atoms with E-state index in [2.05, 4.69) is 43.8 Å². The van der Waals surface area contributed by atoms with Crippen LogP contribution in [-0.2, 0) is 19.4 Å². The first-order valence-corrected chi connectivity index (χ1v) is 13.8. The molecule has 1 rings (SSSR count). The summed E-state index contributed by atoms with van der Waals surface area (Å²) in [5.41, 5.74) is 3.28. The van der Waals surface area contributed by atoms with Gasteiger partial charge in [0.2, 0.25) is 0 Å². The standard InChI is InChI=1S/C29H54N/c1-4-7-10-12-14-16-18-20-22-28-24-26-30(25-9-6-3)27-29(28)23-21-19-17-15-13-11-8-5-2/h24,26-27H,4-23,25H2,1-3H3/q+1. The molecular weight excluding hydrogens is 362 g/mol. The second-order valence-corrected chi connectivity index (χ2v) is 9.54. The molecule has 0 unspecified atom stereocenters. The molecule has 0 radical (unpaired) electrons. The van der Waals surface area contributed by atoms with Crippen LogP contribution in [0.25, 0.3) is 0 Å². The minimum atomic E-state index is 1.18. The van der Waals surface area contributed by atoms with Crippen LogP contribution in [0.2, 0.25) is 0 Å². The average Bonchev–Trinajstić information content (AvgIpc) is 2.77. The summed E-state index contributed by atoms with van der Waals surface area (Å²) < 4.78 is 2.45. The van der Waals surface area contributed by atoms with E-state index in [1.807, 2.05) is 0 Å². The Morgan fingerprint density at radius 2 is 0.933 bits per heavy atom. The number of pyridine rings is 1. The maximum Gasteiger partial charge on any atom is 0.172 e. The van der Waals surface area contributed by atoms with Crippen LogP contribution in [0.5, 0.6) is 0 Å². The van der Waals surface area contributed by atoms with Crippen molar-refractivity contribution in [1.29, 1.82) is 0 Å². The van der Waals surface area contributed by atoms with Crippen LogP contribution in [0.4, 0.5) is 0 Å². The largest absolute Gasteiger partial charge is 0.205 e. The van der Waals surface area contributed by atoms with Crippen molar-refractivity contribution in [3.05, 3.63) is 29.6 Å². The third-order valence-electron chi connectivity index (χ3n) is 6.57. The van der Waals surface area contributed by atoms with Crippen molar-refractivity contribution < 1.29 is 4.57 Å². The Hall–Kier alpha value is -0.850. The van der Waals surface area contributed by atoms with Gasteiger partial charge in [-0.2, -0.15) is 0 Å². The lowest BCUT2D eigenvalue weighted by atomic mass is 9.97. The minimum absolute atomic E-state index is 1.18. The molecule has 0 spiro atoms. The summed E-state index contributed by atoms with van der Waals surface area (Å²) in [6.07, 6.45) is 32.6. The molecule has 0 aliphatic rings. The molecule has 0 bridgehead atoms. The molecule has 0 aliphatic carbocycles. The van der Waals surface area contributed by atoms with Crippen molar-refractivity contribution in [2.75, 3.05) is 0 Å². The maximum absolute atomic E-state index is 2.48. The van der Waals surface area contributed by atoms with E-state index in [0.29, 0.717) is 0 Å². The Morgan fingerprint density at radius 3 is 1.43 bits per heavy atom. The summed E-state index contributed by atoms with van der Waals surface area (Å²) in [6.45, 7) is 8.08. The number of unbranched alkanes of at least 4 members (excludes halogenated alkanes) is 15. The second-order valence-electron chi connectivity index (χ2n) is 9.54. The molecule has 0 aromatic carbocycles. The quantitative estimate of drug-likeness (QED) is 0.139. The van der Waals surface area contributed by atoms with Crippen molar-refractivity contribution in [3.63, 3.8) is 0 Å². The normalized spacial score (nSPS) is 11.3. The molecular formula is C29H54N+. The third-order valence-corrected chi connectivity index (χ3v) is 6.57. The smallest absolute Gasteiger partial charge is 0.172 e. The molecule has 0 aliphatic heterocycles. The minimum Gasteiger partial charge on any atom is -0.205 e. The van der Waals surface area contributed by atoms with Gasteiger partial charge in [0.15, 0.2) is 12.4 Å². The van der Waals surface area contributed by atoms with Gasteiger partial charge in [-0.1, -0.05) is 117 Å². The van der Waals surface area contributed by atoms with Crippen LogP contribution in [0.3, 0.4) is 0 Å². The third kappa shape index (κ3) is 14.2. The predicted octanol–water partition coefficient (Wildman–Crippen LogP) is 9.14. The molecule has 1 aromatic heterocycles. The van der Waals surface area contributed by atoms with Gasteiger partial charge in [-0.3, -0.25) is 0 Å². The van der Waals surface area contributed by atoms with Gasteiger partial charge < -0.3 is 0 Å². The Bertz CT molecular complexity index is 493. The lowest BCUT2D eigenvalue weighted by Crippen LogP contribution is -2.33. The van der Waals surface area contributed by atoms with Crippen LogP contribution in [0.15, 0.2) is 18.5 Å². The number of rotatable bonds is 21. The molecule has 1 heterocycles. The number of aryl methyl sites for hydroxylation is 3. The lowest BCUT2D eigenvalue weighted by molar-refractivity contribution is -0.697. The zero-order valence-corrected chi connectivity index (χ0v) is 21.0. The van der Waals surface area contributed by atoms with Gasteiger partial charge in [-0.05, 0) is 31.2 Å². The summed E-state index contributed by atoms with van der Waals surface area (Å²) >= 11 is 0. The fraction of sp³-hybridized carbons (Fsp3) is 0.828. The van der Waals surface area contributed by atoms with Gasteiger partial charge in [0.25, 0.3) is 0 Å². The molecule has 0 saturated carbocycles. The van der Waals surface area contributed by atoms with Gasteiger partial charge in [-0.25, -0.2) is 4.57 Å². The monoisotopic (exact) mass is 416 g/mol. The molecule has 0 N–H and O–H groups in total. The number of aromatic nitrogens is 1. The highest BCUT2D eigenvalue weighted by atomic mass is 14.9. The zero-order chi connectivity index (χ0) is 21.7. The Balaban J connectivity index is 2.37. The molecule has 0 amide bonds. The van der Waals surface area contributed by atoms with Crippen LogP contribution in [-0.4, -0.2) is 0 Å². The number of hydrogen-bond acceptors (Lipinski definition) is 0. The van der Waals surface area contributed by atoms with Crippen molar-refractivity contribution in [2.24, 2.45) is 0 Å². The molecule has 0 saturated heterocycles. The first-order chi connectivity index (χ1) is 14.8. The molecule has 1 aromatic rings. The Morgan fingerprint density at radius 1 is 0.500 bits per heavy atom. The van der Waals surface area contributed by atoms with Crippen LogP contribution < -0.4 is 4.57 Å². The predicted molar refractivity (Wildman–Crippen MR) is 134 cm³/mol. The van der Waals surface area contributed by atoms with E-state index in [9.17, 15) is 0 Å². The van der Waals surface area contributed by atoms with Gasteiger partial charge in [0, 0.05) is 18.1 Å². The fourth-order valence-corrected chi connectivity index (χ4v) is 4.47. The second kappa shape index (κ2) is 20.1. The first kappa shape index (κ1) is 27.2. The van der Waals surface area contributed by atoms with E-state index >= 15 is 0 Å². The first-order valence-electron chi connectivity index (χ1n) is 13.8. The van der Waals surface area contributed by atoms with E-state index in [4.69, 9.17) is 0 Å². The van der Waals surface area contributed by atoms with E-state index < -0.39 is 0 Å². The van der Waals surface area contributed by atoms with E-state index in [-0.39, 0.29) is 0 Å². The lowest BCUT2D eigenvalue weighted by Gasteiger charge is -2.09. The highest BCUT2D eigenvalue weighted by Gasteiger charge is 2.09. The summed E-state index contributed by atoms with van der Waals surface area (Å²) in [7, 11) is 0. The topological polar surface area (TPSA) is 3.88 Å². The van der Waals surface area contributed by atoms with Gasteiger partial charge in [0.1, 0.15) is 6.54 Å². The number of nitrogens with zero attached hydrogens (tertiary/aromatic N) is 1. The van der Waals surface area contributed by atoms with Gasteiger partial charge in [-0.15, -0.1) is 0 Å². The van der Waals surface area contributed by atoms with E-state index in [0.717, 1.165) is 0 Å². The molecule has 1 nitrogen and oxygen atoms in total. The maximum atomic E-state index is 2.48. The summed E-state index contributed by atoms with van der Waals surface area (Å²) in [5, 5.41) is 0. The van der Waals surface area contributed by atoms with Crippen LogP contribution in [0, 0.1) is 0 Å². The van der Waals surface area contributed by atoms with Gasteiger partial charge >= 0.3 is 0 Å². The average molecular weight is 417 g/mol. The van der Waals surface area contributed by atoms with Crippen LogP contribution >= 0.6 is 0 Å². The molecule has 174 valence electrons. The van der Waals surface area contributed by atoms with Crippen LogP contribution in [0.1, 0.15) is 147 Å². The van der Waals surface area contributed by atoms with E-state index in [1.54, 1.807) is 11.1 Å². The van der Waals surface area contributed by atoms with Crippen molar-refractivity contribution in [3.8, 4) is 0 Å². The summed E-state index contributed by atoms with van der Waals surface area (Å²) in [6, 6.07) is 2.44. The summed E-state index contributed by atoms with van der Waals surface area (Å²) in [5.74, 6) is 0. The van der Waals surface area contributed by atoms with Crippen molar-refractivity contribution in [1.82, 2.24) is 0 Å². The SMILES string of the molecule is CCCCCCCCCCc1cc[n+](CCCC)cc1CCCCCCCCCC.